The van der Waals surface area contributed by atoms with Gasteiger partial charge >= 0.3 is 0 Å². The molecule has 1 aromatic rings. The number of nitrogens with zero attached hydrogens (tertiary/aromatic N) is 3. The van der Waals surface area contributed by atoms with Gasteiger partial charge in [-0.25, -0.2) is 13.1 Å². The van der Waals surface area contributed by atoms with Crippen molar-refractivity contribution in [1.29, 1.82) is 0 Å². The molecule has 1 amide bonds. The van der Waals surface area contributed by atoms with Gasteiger partial charge in [-0.15, -0.1) is 0 Å². The van der Waals surface area contributed by atoms with Crippen molar-refractivity contribution in [2.45, 2.75) is 25.3 Å². The lowest BCUT2D eigenvalue weighted by atomic mass is 9.69. The number of hydrogen-bond donors (Lipinski definition) is 1. The number of rotatable bonds is 3. The zero-order valence-corrected chi connectivity index (χ0v) is 14.9. The number of ether oxygens (including phenoxy) is 1. The number of carbonyl (C=O) groups excluding carboxylic acids is 1. The highest BCUT2D eigenvalue weighted by Gasteiger charge is 2.45. The molecule has 134 valence electrons. The molecule has 2 aliphatic rings. The zero-order chi connectivity index (χ0) is 17.4. The van der Waals surface area contributed by atoms with Gasteiger partial charge in [-0.1, -0.05) is 0 Å². The third-order valence-corrected chi connectivity index (χ3v) is 5.82. The van der Waals surface area contributed by atoms with E-state index in [0.717, 1.165) is 19.3 Å². The Kier molecular flexibility index (Phi) is 4.67. The fourth-order valence-corrected chi connectivity index (χ4v) is 4.52. The van der Waals surface area contributed by atoms with Crippen LogP contribution in [0.25, 0.3) is 0 Å². The Morgan fingerprint density at radius 1 is 1.38 bits per heavy atom. The summed E-state index contributed by atoms with van der Waals surface area (Å²) in [5, 5.41) is 4.17. The van der Waals surface area contributed by atoms with E-state index in [1.807, 2.05) is 0 Å². The predicted molar refractivity (Wildman–Crippen MR) is 88.0 cm³/mol. The summed E-state index contributed by atoms with van der Waals surface area (Å²) in [6.45, 7) is 2.24. The number of piperidine rings is 1. The summed E-state index contributed by atoms with van der Waals surface area (Å²) in [6.07, 6.45) is 5.27. The summed E-state index contributed by atoms with van der Waals surface area (Å²) in [5.41, 5.74) is 0.314. The number of hydrogen-bond acceptors (Lipinski definition) is 5. The molecule has 0 saturated carbocycles. The number of aromatic nitrogens is 2. The Labute approximate surface area is 142 Å². The van der Waals surface area contributed by atoms with Crippen molar-refractivity contribution < 1.29 is 17.9 Å². The second-order valence-electron chi connectivity index (χ2n) is 6.80. The third kappa shape index (κ3) is 3.62. The van der Waals surface area contributed by atoms with Crippen molar-refractivity contribution in [3.63, 3.8) is 0 Å². The molecular formula is C15H24N4O4S. The Bertz CT molecular complexity index is 707. The molecule has 8 nitrogen and oxygen atoms in total. The third-order valence-electron chi connectivity index (χ3n) is 5.10. The average molecular weight is 356 g/mol. The van der Waals surface area contributed by atoms with Crippen molar-refractivity contribution in [2.75, 3.05) is 32.6 Å². The number of likely N-dealkylation sites (tertiary alicyclic amines) is 1. The normalized spacial score (nSPS) is 24.2. The number of nitrogens with one attached hydrogen (secondary N) is 1. The van der Waals surface area contributed by atoms with Gasteiger partial charge in [-0.05, 0) is 30.7 Å². The molecule has 1 spiro atoms. The Balaban J connectivity index is 1.69. The molecule has 2 aliphatic heterocycles. The molecule has 1 aromatic heterocycles. The summed E-state index contributed by atoms with van der Waals surface area (Å²) in [5.74, 6) is -0.0647. The molecule has 2 saturated heterocycles. The van der Waals surface area contributed by atoms with E-state index in [4.69, 9.17) is 4.74 Å². The molecule has 0 aliphatic carbocycles. The highest BCUT2D eigenvalue weighted by atomic mass is 32.2. The van der Waals surface area contributed by atoms with E-state index in [9.17, 15) is 13.2 Å². The van der Waals surface area contributed by atoms with Crippen LogP contribution in [0, 0.1) is 5.41 Å². The number of carbonyl (C=O) groups is 1. The lowest BCUT2D eigenvalue weighted by molar-refractivity contribution is -0.0401. The highest BCUT2D eigenvalue weighted by molar-refractivity contribution is 7.88. The van der Waals surface area contributed by atoms with Crippen LogP contribution in [-0.2, 0) is 21.8 Å². The maximum Gasteiger partial charge on any atom is 0.274 e. The molecule has 0 aromatic carbocycles. The largest absolute Gasteiger partial charge is 0.380 e. The molecule has 3 heterocycles. The molecule has 0 bridgehead atoms. The number of sulfonamides is 1. The Morgan fingerprint density at radius 2 is 2.08 bits per heavy atom. The standard InChI is InChI=1S/C15H24N4O4S/c1-18-7-3-12(16-18)14(20)19-8-4-15(5-9-19)6-10-23-11-13(15)17-24(2,21)22/h3,7,13,17H,4-6,8-11H2,1-2H3/t13-/m0/s1. The van der Waals surface area contributed by atoms with Gasteiger partial charge in [0.2, 0.25) is 10.0 Å². The van der Waals surface area contributed by atoms with E-state index in [-0.39, 0.29) is 17.4 Å². The van der Waals surface area contributed by atoms with Crippen molar-refractivity contribution in [3.8, 4) is 0 Å². The van der Waals surface area contributed by atoms with Crippen LogP contribution in [0.4, 0.5) is 0 Å². The molecule has 0 radical (unpaired) electrons. The average Bonchev–Trinajstić information content (AvgIpc) is 2.95. The van der Waals surface area contributed by atoms with Crippen LogP contribution in [0.2, 0.25) is 0 Å². The Morgan fingerprint density at radius 3 is 2.67 bits per heavy atom. The second kappa shape index (κ2) is 6.45. The van der Waals surface area contributed by atoms with Crippen molar-refractivity contribution in [1.82, 2.24) is 19.4 Å². The molecular weight excluding hydrogens is 332 g/mol. The van der Waals surface area contributed by atoms with Gasteiger partial charge < -0.3 is 9.64 Å². The summed E-state index contributed by atoms with van der Waals surface area (Å²) in [7, 11) is -1.51. The minimum Gasteiger partial charge on any atom is -0.380 e. The molecule has 24 heavy (non-hydrogen) atoms. The maximum absolute atomic E-state index is 12.5. The van der Waals surface area contributed by atoms with Gasteiger partial charge in [0, 0.05) is 32.9 Å². The smallest absolute Gasteiger partial charge is 0.274 e. The minimum atomic E-state index is -3.29. The van der Waals surface area contributed by atoms with Gasteiger partial charge in [0.1, 0.15) is 5.69 Å². The van der Waals surface area contributed by atoms with Gasteiger partial charge in [0.25, 0.3) is 5.91 Å². The topological polar surface area (TPSA) is 93.5 Å². The maximum atomic E-state index is 12.5. The van der Waals surface area contributed by atoms with E-state index in [0.29, 0.717) is 32.0 Å². The fraction of sp³-hybridized carbons (Fsp3) is 0.733. The van der Waals surface area contributed by atoms with E-state index in [1.165, 1.54) is 6.26 Å². The van der Waals surface area contributed by atoms with Crippen LogP contribution in [0.3, 0.4) is 0 Å². The van der Waals surface area contributed by atoms with Crippen molar-refractivity contribution in [3.05, 3.63) is 18.0 Å². The highest BCUT2D eigenvalue weighted by Crippen LogP contribution is 2.41. The first-order chi connectivity index (χ1) is 11.3. The molecule has 1 atom stereocenters. The summed E-state index contributed by atoms with van der Waals surface area (Å²) in [4.78, 5) is 14.3. The number of aryl methyl sites for hydroxylation is 1. The van der Waals surface area contributed by atoms with Crippen molar-refractivity contribution >= 4 is 15.9 Å². The first kappa shape index (κ1) is 17.4. The predicted octanol–water partition coefficient (Wildman–Crippen LogP) is -0.0194. The minimum absolute atomic E-state index is 0.0647. The number of amides is 1. The Hall–Kier alpha value is -1.45. The van der Waals surface area contributed by atoms with Gasteiger partial charge in [0.15, 0.2) is 0 Å². The van der Waals surface area contributed by atoms with Gasteiger partial charge in [-0.2, -0.15) is 5.10 Å². The molecule has 1 N–H and O–H groups in total. The van der Waals surface area contributed by atoms with Crippen LogP contribution in [0.15, 0.2) is 12.3 Å². The van der Waals surface area contributed by atoms with Crippen LogP contribution in [-0.4, -0.2) is 67.6 Å². The van der Waals surface area contributed by atoms with E-state index < -0.39 is 10.0 Å². The van der Waals surface area contributed by atoms with Gasteiger partial charge in [0.05, 0.1) is 18.9 Å². The van der Waals surface area contributed by atoms with Gasteiger partial charge in [-0.3, -0.25) is 9.48 Å². The van der Waals surface area contributed by atoms with Crippen molar-refractivity contribution in [2.24, 2.45) is 12.5 Å². The summed E-state index contributed by atoms with van der Waals surface area (Å²) in [6, 6.07) is 1.49. The lowest BCUT2D eigenvalue weighted by Crippen LogP contribution is -2.57. The van der Waals surface area contributed by atoms with E-state index >= 15 is 0 Å². The fourth-order valence-electron chi connectivity index (χ4n) is 3.69. The van der Waals surface area contributed by atoms with Crippen LogP contribution < -0.4 is 4.72 Å². The zero-order valence-electron chi connectivity index (χ0n) is 14.1. The summed E-state index contributed by atoms with van der Waals surface area (Å²) >= 11 is 0. The summed E-state index contributed by atoms with van der Waals surface area (Å²) < 4.78 is 33.1. The van der Waals surface area contributed by atoms with Crippen LogP contribution in [0.5, 0.6) is 0 Å². The molecule has 9 heteroatoms. The molecule has 3 rings (SSSR count). The second-order valence-corrected chi connectivity index (χ2v) is 8.58. The first-order valence-electron chi connectivity index (χ1n) is 8.13. The SMILES string of the molecule is Cn1ccc(C(=O)N2CCC3(CCOC[C@@H]3NS(C)(=O)=O)CC2)n1. The van der Waals surface area contributed by atoms with Crippen LogP contribution in [0.1, 0.15) is 29.8 Å². The molecule has 2 fully saturated rings. The molecule has 0 unspecified atom stereocenters. The van der Waals surface area contributed by atoms with E-state index in [2.05, 4.69) is 9.82 Å². The first-order valence-corrected chi connectivity index (χ1v) is 10.0. The quantitative estimate of drug-likeness (QED) is 0.822. The van der Waals surface area contributed by atoms with Crippen LogP contribution >= 0.6 is 0 Å². The van der Waals surface area contributed by atoms with E-state index in [1.54, 1.807) is 28.9 Å². The lowest BCUT2D eigenvalue weighted by Gasteiger charge is -2.48. The monoisotopic (exact) mass is 356 g/mol.